The maximum absolute atomic E-state index is 13.8. The normalized spacial score (nSPS) is 14.6. The Morgan fingerprint density at radius 3 is 2.43 bits per heavy atom. The summed E-state index contributed by atoms with van der Waals surface area (Å²) in [7, 11) is 1.38. The largest absolute Gasteiger partial charge is 0.493 e. The van der Waals surface area contributed by atoms with E-state index in [1.165, 1.54) is 61.7 Å². The zero-order valence-electron chi connectivity index (χ0n) is 19.0. The third-order valence-corrected chi connectivity index (χ3v) is 5.24. The average Bonchev–Trinajstić information content (AvgIpc) is 3.20. The molecule has 0 radical (unpaired) electrons. The number of carbonyl (C=O) groups is 1. The highest BCUT2D eigenvalue weighted by atomic mass is 19.4. The van der Waals surface area contributed by atoms with Gasteiger partial charge in [0.15, 0.2) is 17.2 Å². The van der Waals surface area contributed by atoms with Crippen LogP contribution in [0.5, 0.6) is 11.5 Å². The zero-order valence-corrected chi connectivity index (χ0v) is 19.0. The van der Waals surface area contributed by atoms with Crippen molar-refractivity contribution in [2.45, 2.75) is 12.8 Å². The summed E-state index contributed by atoms with van der Waals surface area (Å²) >= 11 is 0. The summed E-state index contributed by atoms with van der Waals surface area (Å²) in [6.07, 6.45) is -3.98. The molecule has 3 aromatic rings. The van der Waals surface area contributed by atoms with Crippen molar-refractivity contribution >= 4 is 29.1 Å². The molecule has 4 rings (SSSR count). The summed E-state index contributed by atoms with van der Waals surface area (Å²) in [4.78, 5) is 23.3. The van der Waals surface area contributed by atoms with Crippen LogP contribution in [0.25, 0.3) is 6.08 Å². The second-order valence-electron chi connectivity index (χ2n) is 7.72. The van der Waals surface area contributed by atoms with E-state index >= 15 is 0 Å². The van der Waals surface area contributed by atoms with Gasteiger partial charge in [0.1, 0.15) is 12.4 Å². The van der Waals surface area contributed by atoms with E-state index in [2.05, 4.69) is 5.10 Å². The number of halogens is 4. The highest BCUT2D eigenvalue weighted by Crippen LogP contribution is 2.35. The molecule has 0 saturated heterocycles. The maximum Gasteiger partial charge on any atom is 0.435 e. The number of hydrazone groups is 1. The molecule has 0 fully saturated rings. The second kappa shape index (κ2) is 10.1. The van der Waals surface area contributed by atoms with E-state index < -0.39 is 39.8 Å². The minimum atomic E-state index is -4.98. The van der Waals surface area contributed by atoms with Crippen molar-refractivity contribution in [3.05, 3.63) is 99.4 Å². The minimum Gasteiger partial charge on any atom is -0.493 e. The van der Waals surface area contributed by atoms with Gasteiger partial charge in [-0.05, 0) is 47.5 Å². The molecule has 3 aromatic carbocycles. The lowest BCUT2D eigenvalue weighted by atomic mass is 10.1. The van der Waals surface area contributed by atoms with E-state index in [1.54, 1.807) is 0 Å². The molecule has 0 saturated carbocycles. The molecule has 0 unspecified atom stereocenters. The predicted octanol–water partition coefficient (Wildman–Crippen LogP) is 5.67. The Morgan fingerprint density at radius 1 is 1.05 bits per heavy atom. The summed E-state index contributed by atoms with van der Waals surface area (Å²) in [6, 6.07) is 14.4. The highest BCUT2D eigenvalue weighted by molar-refractivity contribution is 6.34. The van der Waals surface area contributed by atoms with Crippen LogP contribution < -0.4 is 14.5 Å². The van der Waals surface area contributed by atoms with Gasteiger partial charge < -0.3 is 9.47 Å². The molecule has 1 heterocycles. The van der Waals surface area contributed by atoms with Crippen LogP contribution >= 0.6 is 0 Å². The lowest BCUT2D eigenvalue weighted by Crippen LogP contribution is -2.25. The number of nitro groups is 1. The standard InChI is InChI=1S/C25H17F4N3O5/c1-36-21-10-7-16(12-22(21)37-14-15-5-8-17(26)9-6-15)11-20-23(25(27,28)29)30-31(24(20)33)18-3-2-4-19(13-18)32(34)35/h2-13H,14H2,1H3/b20-11-. The first kappa shape index (κ1) is 25.4. The first-order valence-electron chi connectivity index (χ1n) is 10.6. The molecule has 37 heavy (non-hydrogen) atoms. The number of alkyl halides is 3. The van der Waals surface area contributed by atoms with E-state index in [9.17, 15) is 32.5 Å². The van der Waals surface area contributed by atoms with Crippen LogP contribution in [0, 0.1) is 15.9 Å². The number of non-ortho nitro benzene ring substituents is 1. The van der Waals surface area contributed by atoms with Crippen molar-refractivity contribution in [2.75, 3.05) is 12.1 Å². The number of nitro benzene ring substituents is 1. The Bertz CT molecular complexity index is 1420. The van der Waals surface area contributed by atoms with Gasteiger partial charge in [-0.25, -0.2) is 4.39 Å². The molecule has 0 aliphatic carbocycles. The number of benzene rings is 3. The number of amides is 1. The topological polar surface area (TPSA) is 94.3 Å². The fourth-order valence-electron chi connectivity index (χ4n) is 3.47. The number of carbonyl (C=O) groups excluding carboxylic acids is 1. The Kier molecular flexibility index (Phi) is 6.92. The summed E-state index contributed by atoms with van der Waals surface area (Å²) in [5, 5.41) is 15.0. The maximum atomic E-state index is 13.8. The smallest absolute Gasteiger partial charge is 0.435 e. The fraction of sp³-hybridized carbons (Fsp3) is 0.120. The summed E-state index contributed by atoms with van der Waals surface area (Å²) in [5.74, 6) is -1.08. The number of methoxy groups -OCH3 is 1. The van der Waals surface area contributed by atoms with Gasteiger partial charge in [0.25, 0.3) is 11.6 Å². The number of nitrogens with zero attached hydrogens (tertiary/aromatic N) is 3. The monoisotopic (exact) mass is 515 g/mol. The van der Waals surface area contributed by atoms with Crippen LogP contribution in [0.3, 0.4) is 0 Å². The first-order chi connectivity index (χ1) is 17.6. The van der Waals surface area contributed by atoms with E-state index in [4.69, 9.17) is 9.47 Å². The third-order valence-electron chi connectivity index (χ3n) is 5.24. The van der Waals surface area contributed by atoms with Crippen LogP contribution in [0.1, 0.15) is 11.1 Å². The number of hydrogen-bond donors (Lipinski definition) is 0. The van der Waals surface area contributed by atoms with Crippen molar-refractivity contribution < 1.29 is 36.8 Å². The van der Waals surface area contributed by atoms with E-state index in [-0.39, 0.29) is 29.4 Å². The second-order valence-corrected chi connectivity index (χ2v) is 7.72. The Hall–Kier alpha value is -4.74. The lowest BCUT2D eigenvalue weighted by molar-refractivity contribution is -0.384. The number of rotatable bonds is 7. The van der Waals surface area contributed by atoms with Crippen molar-refractivity contribution in [1.82, 2.24) is 0 Å². The first-order valence-corrected chi connectivity index (χ1v) is 10.6. The van der Waals surface area contributed by atoms with Crippen molar-refractivity contribution in [1.29, 1.82) is 0 Å². The fourth-order valence-corrected chi connectivity index (χ4v) is 3.47. The Labute approximate surface area is 207 Å². The van der Waals surface area contributed by atoms with Crippen molar-refractivity contribution in [3.63, 3.8) is 0 Å². The molecular weight excluding hydrogens is 498 g/mol. The van der Waals surface area contributed by atoms with Gasteiger partial charge in [0, 0.05) is 12.1 Å². The molecule has 1 amide bonds. The van der Waals surface area contributed by atoms with Crippen molar-refractivity contribution in [3.8, 4) is 11.5 Å². The summed E-state index contributed by atoms with van der Waals surface area (Å²) < 4.78 is 65.5. The van der Waals surface area contributed by atoms with Crippen LogP contribution in [0.2, 0.25) is 0 Å². The van der Waals surface area contributed by atoms with E-state index in [0.29, 0.717) is 10.6 Å². The van der Waals surface area contributed by atoms with Gasteiger partial charge in [-0.15, -0.1) is 0 Å². The Balaban J connectivity index is 1.68. The van der Waals surface area contributed by atoms with Crippen LogP contribution in [-0.4, -0.2) is 29.8 Å². The molecule has 0 atom stereocenters. The zero-order chi connectivity index (χ0) is 26.7. The molecule has 0 N–H and O–H groups in total. The molecule has 12 heteroatoms. The number of ether oxygens (including phenoxy) is 2. The molecule has 190 valence electrons. The van der Waals surface area contributed by atoms with Gasteiger partial charge in [-0.3, -0.25) is 14.9 Å². The van der Waals surface area contributed by atoms with Crippen LogP contribution in [0.4, 0.5) is 28.9 Å². The molecule has 1 aliphatic heterocycles. The van der Waals surface area contributed by atoms with Crippen LogP contribution in [-0.2, 0) is 11.4 Å². The van der Waals surface area contributed by atoms with E-state index in [0.717, 1.165) is 18.2 Å². The number of anilines is 1. The van der Waals surface area contributed by atoms with Gasteiger partial charge in [-0.1, -0.05) is 24.3 Å². The molecule has 0 bridgehead atoms. The van der Waals surface area contributed by atoms with Crippen LogP contribution in [0.15, 0.2) is 77.4 Å². The number of hydrogen-bond acceptors (Lipinski definition) is 6. The molecule has 1 aliphatic rings. The highest BCUT2D eigenvalue weighted by Gasteiger charge is 2.47. The van der Waals surface area contributed by atoms with Gasteiger partial charge in [0.05, 0.1) is 23.3 Å². The SMILES string of the molecule is COc1ccc(/C=C2\C(=O)N(c3cccc([N+](=O)[O-])c3)N=C2C(F)(F)F)cc1OCc1ccc(F)cc1. The summed E-state index contributed by atoms with van der Waals surface area (Å²) in [6.45, 7) is 0.0193. The van der Waals surface area contributed by atoms with Crippen molar-refractivity contribution in [2.24, 2.45) is 5.10 Å². The van der Waals surface area contributed by atoms with Gasteiger partial charge >= 0.3 is 6.18 Å². The minimum absolute atomic E-state index is 0.0193. The Morgan fingerprint density at radius 2 is 1.78 bits per heavy atom. The molecule has 8 nitrogen and oxygen atoms in total. The van der Waals surface area contributed by atoms with Gasteiger partial charge in [0.2, 0.25) is 0 Å². The quantitative estimate of drug-likeness (QED) is 0.175. The average molecular weight is 515 g/mol. The summed E-state index contributed by atoms with van der Waals surface area (Å²) in [5.41, 5.74) is -2.00. The molecule has 0 spiro atoms. The third kappa shape index (κ3) is 5.58. The van der Waals surface area contributed by atoms with Gasteiger partial charge in [-0.2, -0.15) is 23.3 Å². The molecule has 0 aromatic heterocycles. The van der Waals surface area contributed by atoms with E-state index in [1.807, 2.05) is 0 Å². The predicted molar refractivity (Wildman–Crippen MR) is 126 cm³/mol. The molecular formula is C25H17F4N3O5. The lowest BCUT2D eigenvalue weighted by Gasteiger charge is -2.12.